The van der Waals surface area contributed by atoms with Gasteiger partial charge in [-0.2, -0.15) is 0 Å². The number of non-ortho nitro benzene ring substituents is 1. The van der Waals surface area contributed by atoms with Crippen LogP contribution in [-0.2, 0) is 26.6 Å². The van der Waals surface area contributed by atoms with Crippen LogP contribution >= 0.6 is 12.2 Å². The Morgan fingerprint density at radius 2 is 1.13 bits per heavy atom. The third-order valence-electron chi connectivity index (χ3n) is 5.62. The standard InChI is InChI=1S/C25H47N3O8SSi2/c1-7-31-38(32-8-2,33-9-3)21-13-19-27(20-14-22-39(34-10-4,35-11-5)36-12-6)25(37)26-23-15-17-24(18-16-23)28(29)30/h15-18H,7-14,19-22H2,1-6H3,(H,26,37). The van der Waals surface area contributed by atoms with Gasteiger partial charge in [0.2, 0.25) is 0 Å². The summed E-state index contributed by atoms with van der Waals surface area (Å²) in [5, 5.41) is 14.8. The number of nitrogens with one attached hydrogen (secondary N) is 1. The van der Waals surface area contributed by atoms with E-state index in [1.807, 2.05) is 41.5 Å². The van der Waals surface area contributed by atoms with Gasteiger partial charge in [0, 0.05) is 82.6 Å². The highest BCUT2D eigenvalue weighted by Crippen LogP contribution is 2.22. The van der Waals surface area contributed by atoms with E-state index in [2.05, 4.69) is 10.2 Å². The van der Waals surface area contributed by atoms with E-state index in [-0.39, 0.29) is 5.69 Å². The van der Waals surface area contributed by atoms with Crippen molar-refractivity contribution in [3.05, 3.63) is 34.4 Å². The van der Waals surface area contributed by atoms with Crippen molar-refractivity contribution in [2.75, 3.05) is 58.0 Å². The number of nitro groups is 1. The fourth-order valence-corrected chi connectivity index (χ4v) is 9.65. The summed E-state index contributed by atoms with van der Waals surface area (Å²) in [6.07, 6.45) is 1.50. The largest absolute Gasteiger partial charge is 0.500 e. The number of nitro benzene ring substituents is 1. The predicted molar refractivity (Wildman–Crippen MR) is 161 cm³/mol. The summed E-state index contributed by atoms with van der Waals surface area (Å²) in [5.41, 5.74) is 0.704. The quantitative estimate of drug-likeness (QED) is 0.0785. The molecule has 1 aromatic carbocycles. The molecule has 0 radical (unpaired) electrons. The molecule has 0 atom stereocenters. The van der Waals surface area contributed by atoms with Gasteiger partial charge in [0.15, 0.2) is 5.11 Å². The van der Waals surface area contributed by atoms with Crippen LogP contribution in [0.4, 0.5) is 11.4 Å². The smallest absolute Gasteiger partial charge is 0.374 e. The SMILES string of the molecule is CCO[Si](CCCN(CCC[Si](OCC)(OCC)OCC)C(=S)Nc1ccc([N+](=O)[O-])cc1)(OCC)OCC. The van der Waals surface area contributed by atoms with E-state index in [0.717, 1.165) is 12.8 Å². The summed E-state index contributed by atoms with van der Waals surface area (Å²) in [7, 11) is -5.58. The topological polar surface area (TPSA) is 114 Å². The number of hydrogen-bond donors (Lipinski definition) is 1. The maximum absolute atomic E-state index is 11.0. The molecule has 0 aliphatic carbocycles. The van der Waals surface area contributed by atoms with Crippen molar-refractivity contribution < 1.29 is 31.5 Å². The lowest BCUT2D eigenvalue weighted by molar-refractivity contribution is -0.384. The molecule has 0 saturated carbocycles. The predicted octanol–water partition coefficient (Wildman–Crippen LogP) is 5.47. The van der Waals surface area contributed by atoms with Crippen LogP contribution in [0, 0.1) is 10.1 Å². The van der Waals surface area contributed by atoms with Crippen LogP contribution in [0.2, 0.25) is 12.1 Å². The molecule has 11 nitrogen and oxygen atoms in total. The third kappa shape index (κ3) is 12.7. The first-order chi connectivity index (χ1) is 18.7. The van der Waals surface area contributed by atoms with Crippen molar-refractivity contribution in [3.8, 4) is 0 Å². The molecular formula is C25H47N3O8SSi2. The average Bonchev–Trinajstić information content (AvgIpc) is 2.89. The number of nitrogens with zero attached hydrogens (tertiary/aromatic N) is 2. The zero-order valence-corrected chi connectivity index (χ0v) is 27.2. The molecule has 14 heteroatoms. The summed E-state index contributed by atoms with van der Waals surface area (Å²) in [6, 6.07) is 7.53. The van der Waals surface area contributed by atoms with Crippen LogP contribution in [-0.4, -0.2) is 85.3 Å². The molecule has 0 amide bonds. The van der Waals surface area contributed by atoms with E-state index < -0.39 is 22.5 Å². The van der Waals surface area contributed by atoms with Gasteiger partial charge in [-0.25, -0.2) is 0 Å². The molecule has 0 fully saturated rings. The van der Waals surface area contributed by atoms with Crippen LogP contribution in [0.15, 0.2) is 24.3 Å². The van der Waals surface area contributed by atoms with Crippen LogP contribution in [0.3, 0.4) is 0 Å². The number of thiocarbonyl (C=S) groups is 1. The second-order valence-electron chi connectivity index (χ2n) is 8.39. The molecule has 0 saturated heterocycles. The number of hydrogen-bond acceptors (Lipinski definition) is 9. The average molecular weight is 606 g/mol. The van der Waals surface area contributed by atoms with Crippen LogP contribution in [0.5, 0.6) is 0 Å². The van der Waals surface area contributed by atoms with E-state index in [1.165, 1.54) is 12.1 Å². The van der Waals surface area contributed by atoms with Crippen LogP contribution in [0.1, 0.15) is 54.4 Å². The minimum atomic E-state index is -2.79. The molecule has 39 heavy (non-hydrogen) atoms. The van der Waals surface area contributed by atoms with Gasteiger partial charge in [-0.05, 0) is 78.7 Å². The molecule has 1 aromatic rings. The monoisotopic (exact) mass is 605 g/mol. The normalized spacial score (nSPS) is 11.9. The fraction of sp³-hybridized carbons (Fsp3) is 0.720. The molecular weight excluding hydrogens is 559 g/mol. The molecule has 224 valence electrons. The number of benzene rings is 1. The Morgan fingerprint density at radius 1 is 0.769 bits per heavy atom. The zero-order valence-electron chi connectivity index (χ0n) is 24.4. The van der Waals surface area contributed by atoms with Crippen molar-refractivity contribution in [3.63, 3.8) is 0 Å². The highest BCUT2D eigenvalue weighted by molar-refractivity contribution is 7.80. The van der Waals surface area contributed by atoms with E-state index >= 15 is 0 Å². The Hall–Kier alpha value is -1.50. The molecule has 0 aliphatic heterocycles. The van der Waals surface area contributed by atoms with Gasteiger partial charge in [0.1, 0.15) is 0 Å². The van der Waals surface area contributed by atoms with Gasteiger partial charge in [-0.15, -0.1) is 0 Å². The Balaban J connectivity index is 3.01. The number of rotatable bonds is 22. The van der Waals surface area contributed by atoms with Crippen molar-refractivity contribution in [2.45, 2.75) is 66.5 Å². The Labute approximate surface area is 241 Å². The molecule has 1 rings (SSSR count). The van der Waals surface area contributed by atoms with Crippen molar-refractivity contribution in [1.82, 2.24) is 4.90 Å². The minimum Gasteiger partial charge on any atom is -0.374 e. The first-order valence-electron chi connectivity index (χ1n) is 13.9. The van der Waals surface area contributed by atoms with Gasteiger partial charge in [-0.1, -0.05) is 0 Å². The Kier molecular flexibility index (Phi) is 17.8. The first kappa shape index (κ1) is 35.5. The van der Waals surface area contributed by atoms with E-state index in [1.54, 1.807) is 12.1 Å². The zero-order chi connectivity index (χ0) is 29.2. The lowest BCUT2D eigenvalue weighted by Crippen LogP contribution is -2.47. The van der Waals surface area contributed by atoms with Crippen LogP contribution < -0.4 is 5.32 Å². The molecule has 1 N–H and O–H groups in total. The van der Waals surface area contributed by atoms with Crippen LogP contribution in [0.25, 0.3) is 0 Å². The van der Waals surface area contributed by atoms with Crippen molar-refractivity contribution >= 4 is 46.3 Å². The highest BCUT2D eigenvalue weighted by atomic mass is 32.1. The van der Waals surface area contributed by atoms with E-state index in [4.69, 9.17) is 38.8 Å². The minimum absolute atomic E-state index is 0.0245. The summed E-state index contributed by atoms with van der Waals surface area (Å²) in [4.78, 5) is 12.7. The maximum Gasteiger partial charge on any atom is 0.500 e. The van der Waals surface area contributed by atoms with Gasteiger partial charge < -0.3 is 36.8 Å². The van der Waals surface area contributed by atoms with Gasteiger partial charge in [0.05, 0.1) is 4.92 Å². The van der Waals surface area contributed by atoms with Crippen molar-refractivity contribution in [1.29, 1.82) is 0 Å². The molecule has 0 bridgehead atoms. The molecule has 0 unspecified atom stereocenters. The molecule has 0 spiro atoms. The molecule has 0 heterocycles. The van der Waals surface area contributed by atoms with Gasteiger partial charge in [-0.3, -0.25) is 10.1 Å². The summed E-state index contributed by atoms with van der Waals surface area (Å²) in [5.74, 6) is 0. The maximum atomic E-state index is 11.0. The Morgan fingerprint density at radius 3 is 1.44 bits per heavy atom. The molecule has 0 aliphatic rings. The lowest BCUT2D eigenvalue weighted by Gasteiger charge is -2.32. The van der Waals surface area contributed by atoms with E-state index in [9.17, 15) is 10.1 Å². The third-order valence-corrected chi connectivity index (χ3v) is 12.3. The lowest BCUT2D eigenvalue weighted by atomic mass is 10.3. The van der Waals surface area contributed by atoms with Crippen molar-refractivity contribution in [2.24, 2.45) is 0 Å². The molecule has 0 aromatic heterocycles. The highest BCUT2D eigenvalue weighted by Gasteiger charge is 2.41. The first-order valence-corrected chi connectivity index (χ1v) is 18.1. The second-order valence-corrected chi connectivity index (χ2v) is 14.2. The summed E-state index contributed by atoms with van der Waals surface area (Å²) in [6.45, 7) is 16.1. The Bertz CT molecular complexity index is 772. The number of anilines is 1. The van der Waals surface area contributed by atoms with Gasteiger partial charge >= 0.3 is 17.6 Å². The summed E-state index contributed by atoms with van der Waals surface area (Å²) < 4.78 is 36.1. The summed E-state index contributed by atoms with van der Waals surface area (Å²) >= 11 is 5.78. The van der Waals surface area contributed by atoms with E-state index in [0.29, 0.717) is 75.6 Å². The fourth-order valence-electron chi connectivity index (χ4n) is 4.16. The second kappa shape index (κ2) is 19.6. The van der Waals surface area contributed by atoms with Gasteiger partial charge in [0.25, 0.3) is 5.69 Å².